The highest BCUT2D eigenvalue weighted by Gasteiger charge is 2.67. The average molecular weight is 218 g/mol. The molecular formula is C13H22FN. The predicted molar refractivity (Wildman–Crippen MR) is 59.6 cm³/mol. The van der Waals surface area contributed by atoms with Crippen molar-refractivity contribution in [1.82, 2.24) is 4.90 Å². The third-order valence-corrected chi connectivity index (χ3v) is 3.86. The topological polar surface area (TPSA) is 3.24 Å². The summed E-state index contributed by atoms with van der Waals surface area (Å²) in [7, 11) is 0. The van der Waals surface area contributed by atoms with Crippen molar-refractivity contribution in [2.24, 2.45) is 11.3 Å². The van der Waals surface area contributed by atoms with Crippen molar-refractivity contribution in [3.05, 3.63) is 0 Å². The summed E-state index contributed by atoms with van der Waals surface area (Å²) in [4.78, 5) is 0.757. The maximum absolute atomic E-state index is 14.8. The van der Waals surface area contributed by atoms with Gasteiger partial charge in [-0.2, -0.15) is 0 Å². The molecule has 1 saturated carbocycles. The van der Waals surface area contributed by atoms with Gasteiger partial charge in [-0.25, -0.2) is 4.39 Å². The van der Waals surface area contributed by atoms with Crippen molar-refractivity contribution in [2.75, 3.05) is 13.0 Å². The lowest BCUT2D eigenvalue weighted by Gasteiger charge is -2.39. The fourth-order valence-corrected chi connectivity index (χ4v) is 3.02. The van der Waals surface area contributed by atoms with Crippen molar-refractivity contribution >= 4 is 0 Å². The van der Waals surface area contributed by atoms with E-state index in [1.54, 1.807) is 13.8 Å². The van der Waals surface area contributed by atoms with E-state index in [1.165, 1.54) is 0 Å². The lowest BCUT2D eigenvalue weighted by Crippen LogP contribution is -2.45. The Kier molecular flexibility index (Phi) is 0.996. The molecule has 2 atom stereocenters. The minimum atomic E-state index is -3.03. The number of nitrogens with zero attached hydrogens (tertiary/aromatic N) is 1. The SMILES string of the molecule is [2H]C1([2H])CC2(CC2)[C@@]2(C([2H])([2H])C(C)C)C[C@@]([2H])(F)C([2H])([2H])N12. The number of halogens is 1. The lowest BCUT2D eigenvalue weighted by molar-refractivity contribution is 0.107. The molecule has 3 aliphatic rings. The third-order valence-electron chi connectivity index (χ3n) is 3.86. The second kappa shape index (κ2) is 2.97. The molecule has 0 aromatic rings. The third kappa shape index (κ3) is 1.23. The first-order valence-electron chi connectivity index (χ1n) is 9.17. The van der Waals surface area contributed by atoms with Gasteiger partial charge in [0.05, 0.1) is 1.37 Å². The molecular weight excluding hydrogens is 189 g/mol. The van der Waals surface area contributed by atoms with E-state index in [4.69, 9.17) is 9.60 Å². The van der Waals surface area contributed by atoms with Crippen LogP contribution >= 0.6 is 0 Å². The molecule has 1 aliphatic carbocycles. The van der Waals surface area contributed by atoms with Crippen LogP contribution in [-0.4, -0.2) is 29.6 Å². The van der Waals surface area contributed by atoms with Crippen LogP contribution in [0, 0.1) is 11.3 Å². The van der Waals surface area contributed by atoms with Gasteiger partial charge in [0.25, 0.3) is 0 Å². The van der Waals surface area contributed by atoms with Gasteiger partial charge in [-0.05, 0) is 49.9 Å². The van der Waals surface area contributed by atoms with Crippen LogP contribution in [0.3, 0.4) is 0 Å². The maximum Gasteiger partial charge on any atom is 0.115 e. The molecule has 0 aromatic heterocycles. The second-order valence-corrected chi connectivity index (χ2v) is 5.30. The Morgan fingerprint density at radius 2 is 2.33 bits per heavy atom. The van der Waals surface area contributed by atoms with Crippen LogP contribution in [0.5, 0.6) is 0 Å². The lowest BCUT2D eigenvalue weighted by atomic mass is 9.74. The number of fused-ring (bicyclic) bond motifs is 2. The standard InChI is InChI=1S/C13H22FN/c1-10(2)7-13-8-11(14)9-15(13)6-5-12(13)3-4-12/h10-11H,3-9H2,1-2H3/t11-,13-/m1/s1/i6D2,7D2,9D2,11D. The van der Waals surface area contributed by atoms with Crippen molar-refractivity contribution in [2.45, 2.75) is 57.6 Å². The van der Waals surface area contributed by atoms with Crippen molar-refractivity contribution in [3.8, 4) is 0 Å². The van der Waals surface area contributed by atoms with Gasteiger partial charge in [0, 0.05) is 20.3 Å². The Morgan fingerprint density at radius 1 is 1.60 bits per heavy atom. The summed E-state index contributed by atoms with van der Waals surface area (Å²) >= 11 is 0. The van der Waals surface area contributed by atoms with Crippen LogP contribution in [0.1, 0.15) is 55.5 Å². The van der Waals surface area contributed by atoms with Crippen LogP contribution in [0.4, 0.5) is 4.39 Å². The van der Waals surface area contributed by atoms with E-state index >= 15 is 0 Å². The molecule has 15 heavy (non-hydrogen) atoms. The Labute approximate surface area is 102 Å². The fourth-order valence-electron chi connectivity index (χ4n) is 3.02. The largest absolute Gasteiger partial charge is 0.294 e. The van der Waals surface area contributed by atoms with Gasteiger partial charge >= 0.3 is 0 Å². The minimum absolute atomic E-state index is 0.00181. The van der Waals surface area contributed by atoms with Crippen molar-refractivity contribution < 1.29 is 14.0 Å². The molecule has 1 spiro atoms. The highest BCUT2D eigenvalue weighted by molar-refractivity contribution is 5.21. The van der Waals surface area contributed by atoms with Crippen LogP contribution in [0.25, 0.3) is 0 Å². The normalized spacial score (nSPS) is 62.3. The van der Waals surface area contributed by atoms with Gasteiger partial charge in [0.1, 0.15) is 6.15 Å². The first-order valence-corrected chi connectivity index (χ1v) is 5.67. The Morgan fingerprint density at radius 3 is 2.93 bits per heavy atom. The summed E-state index contributed by atoms with van der Waals surface area (Å²) < 4.78 is 72.2. The minimum Gasteiger partial charge on any atom is -0.294 e. The molecule has 1 nitrogen and oxygen atoms in total. The predicted octanol–water partition coefficient (Wildman–Crippen LogP) is 3.00. The van der Waals surface area contributed by atoms with E-state index in [0.29, 0.717) is 12.8 Å². The Bertz CT molecular complexity index is 515. The molecule has 3 rings (SSSR count). The summed E-state index contributed by atoms with van der Waals surface area (Å²) in [6.07, 6.45) is -4.53. The quantitative estimate of drug-likeness (QED) is 0.688. The molecule has 2 heteroatoms. The van der Waals surface area contributed by atoms with Crippen LogP contribution in [0.15, 0.2) is 0 Å². The summed E-state index contributed by atoms with van der Waals surface area (Å²) in [5.41, 5.74) is -2.38. The Hall–Kier alpha value is -0.110. The molecule has 0 amide bonds. The van der Waals surface area contributed by atoms with Gasteiger partial charge in [-0.15, -0.1) is 0 Å². The van der Waals surface area contributed by atoms with Gasteiger partial charge < -0.3 is 0 Å². The van der Waals surface area contributed by atoms with Crippen molar-refractivity contribution in [3.63, 3.8) is 0 Å². The van der Waals surface area contributed by atoms with E-state index in [1.807, 2.05) is 0 Å². The first kappa shape index (κ1) is 5.03. The maximum atomic E-state index is 14.8. The van der Waals surface area contributed by atoms with E-state index in [0.717, 1.165) is 4.90 Å². The fraction of sp³-hybridized carbons (Fsp3) is 1.00. The monoisotopic (exact) mass is 218 g/mol. The van der Waals surface area contributed by atoms with Crippen LogP contribution < -0.4 is 0 Å². The molecule has 0 bridgehead atoms. The highest BCUT2D eigenvalue weighted by atomic mass is 19.1. The van der Waals surface area contributed by atoms with Gasteiger partial charge in [0.15, 0.2) is 0 Å². The molecule has 0 N–H and O–H groups in total. The summed E-state index contributed by atoms with van der Waals surface area (Å²) in [5, 5.41) is 0. The van der Waals surface area contributed by atoms with E-state index in [2.05, 4.69) is 0 Å². The summed E-state index contributed by atoms with van der Waals surface area (Å²) in [6.45, 7) is -1.72. The molecule has 0 radical (unpaired) electrons. The summed E-state index contributed by atoms with van der Waals surface area (Å²) in [5.74, 6) is -0.536. The molecule has 0 aromatic carbocycles. The van der Waals surface area contributed by atoms with E-state index in [9.17, 15) is 4.39 Å². The van der Waals surface area contributed by atoms with Crippen LogP contribution in [0.2, 0.25) is 0 Å². The van der Waals surface area contributed by atoms with Gasteiger partial charge in [0.2, 0.25) is 0 Å². The molecule has 3 fully saturated rings. The Balaban J connectivity index is 2.29. The second-order valence-electron chi connectivity index (χ2n) is 5.30. The highest BCUT2D eigenvalue weighted by Crippen LogP contribution is 2.67. The molecule has 2 aliphatic heterocycles. The summed E-state index contributed by atoms with van der Waals surface area (Å²) in [6, 6.07) is 0. The number of hydrogen-bond donors (Lipinski definition) is 0. The number of alkyl halides is 1. The first-order chi connectivity index (χ1) is 9.68. The van der Waals surface area contributed by atoms with Gasteiger partial charge in [-0.1, -0.05) is 13.8 Å². The zero-order valence-corrected chi connectivity index (χ0v) is 9.23. The molecule has 2 heterocycles. The zero-order chi connectivity index (χ0) is 17.0. The molecule has 86 valence electrons. The zero-order valence-electron chi connectivity index (χ0n) is 16.2. The van der Waals surface area contributed by atoms with Crippen molar-refractivity contribution in [1.29, 1.82) is 0 Å². The number of hydrogen-bond acceptors (Lipinski definition) is 1. The molecule has 0 unspecified atom stereocenters. The van der Waals surface area contributed by atoms with Gasteiger partial charge in [-0.3, -0.25) is 4.90 Å². The van der Waals surface area contributed by atoms with Crippen LogP contribution in [-0.2, 0) is 0 Å². The average Bonchev–Trinajstić information content (AvgIpc) is 2.97. The smallest absolute Gasteiger partial charge is 0.115 e. The van der Waals surface area contributed by atoms with E-state index < -0.39 is 48.8 Å². The number of rotatable bonds is 2. The van der Waals surface area contributed by atoms with E-state index in [-0.39, 0.29) is 6.42 Å². The molecule has 2 saturated heterocycles.